The Bertz CT molecular complexity index is 283. The van der Waals surface area contributed by atoms with Crippen LogP contribution in [0.4, 0.5) is 4.39 Å². The Morgan fingerprint density at radius 3 is 2.77 bits per heavy atom. The van der Waals surface area contributed by atoms with Crippen LogP contribution in [-0.4, -0.2) is 4.98 Å². The van der Waals surface area contributed by atoms with E-state index in [2.05, 4.69) is 18.8 Å². The molecule has 13 heavy (non-hydrogen) atoms. The van der Waals surface area contributed by atoms with E-state index in [1.807, 2.05) is 6.92 Å². The molecule has 72 valence electrons. The summed E-state index contributed by atoms with van der Waals surface area (Å²) in [6.45, 7) is 6.29. The highest BCUT2D eigenvalue weighted by molar-refractivity contribution is 5.22. The lowest BCUT2D eigenvalue weighted by molar-refractivity contribution is 0.548. The molecule has 1 nitrogen and oxygen atoms in total. The first kappa shape index (κ1) is 10.2. The van der Waals surface area contributed by atoms with E-state index in [0.717, 1.165) is 24.0 Å². The maximum atomic E-state index is 12.7. The number of pyridine rings is 1. The molecule has 0 fully saturated rings. The third-order valence-corrected chi connectivity index (χ3v) is 2.45. The molecule has 0 aliphatic rings. The molecule has 1 aromatic rings. The van der Waals surface area contributed by atoms with Gasteiger partial charge < -0.3 is 0 Å². The van der Waals surface area contributed by atoms with Crippen molar-refractivity contribution in [3.8, 4) is 0 Å². The van der Waals surface area contributed by atoms with Crippen molar-refractivity contribution >= 4 is 0 Å². The van der Waals surface area contributed by atoms with Gasteiger partial charge in [0.05, 0.1) is 0 Å². The Balaban J connectivity index is 2.77. The van der Waals surface area contributed by atoms with Crippen molar-refractivity contribution in [1.29, 1.82) is 0 Å². The second kappa shape index (κ2) is 4.35. The minimum absolute atomic E-state index is 0.384. The molecule has 0 aliphatic heterocycles. The molecule has 0 spiro atoms. The van der Waals surface area contributed by atoms with Crippen molar-refractivity contribution in [2.75, 3.05) is 0 Å². The number of hydrogen-bond acceptors (Lipinski definition) is 1. The molecular weight excluding hydrogens is 165 g/mol. The van der Waals surface area contributed by atoms with Gasteiger partial charge in [-0.05, 0) is 36.5 Å². The van der Waals surface area contributed by atoms with Crippen LogP contribution in [0.15, 0.2) is 12.3 Å². The largest absolute Gasteiger partial charge is 0.228 e. The van der Waals surface area contributed by atoms with E-state index >= 15 is 0 Å². The molecule has 1 rings (SSSR count). The third-order valence-electron chi connectivity index (χ3n) is 2.45. The van der Waals surface area contributed by atoms with Gasteiger partial charge in [-0.2, -0.15) is 4.39 Å². The Labute approximate surface area is 79.0 Å². The third kappa shape index (κ3) is 2.79. The molecule has 2 heteroatoms. The monoisotopic (exact) mass is 181 g/mol. The zero-order valence-electron chi connectivity index (χ0n) is 8.47. The normalized spacial score (nSPS) is 12.9. The Kier molecular flexibility index (Phi) is 3.40. The van der Waals surface area contributed by atoms with Gasteiger partial charge in [0, 0.05) is 6.20 Å². The fourth-order valence-electron chi connectivity index (χ4n) is 1.28. The molecular formula is C11H16FN. The molecule has 0 radical (unpaired) electrons. The van der Waals surface area contributed by atoms with Gasteiger partial charge in [-0.3, -0.25) is 0 Å². The van der Waals surface area contributed by atoms with E-state index in [1.165, 1.54) is 6.07 Å². The smallest absolute Gasteiger partial charge is 0.213 e. The highest BCUT2D eigenvalue weighted by Crippen LogP contribution is 2.14. The first-order valence-electron chi connectivity index (χ1n) is 4.74. The molecule has 0 amide bonds. The first-order chi connectivity index (χ1) is 6.13. The maximum absolute atomic E-state index is 12.7. The molecule has 1 heterocycles. The van der Waals surface area contributed by atoms with Crippen LogP contribution in [0.2, 0.25) is 0 Å². The van der Waals surface area contributed by atoms with Gasteiger partial charge in [0.1, 0.15) is 0 Å². The van der Waals surface area contributed by atoms with Gasteiger partial charge in [-0.1, -0.05) is 20.3 Å². The van der Waals surface area contributed by atoms with E-state index in [9.17, 15) is 4.39 Å². The van der Waals surface area contributed by atoms with Crippen molar-refractivity contribution in [2.45, 2.75) is 33.6 Å². The Hall–Kier alpha value is -0.920. The summed E-state index contributed by atoms with van der Waals surface area (Å²) in [6, 6.07) is 1.50. The molecule has 0 aliphatic carbocycles. The van der Waals surface area contributed by atoms with Gasteiger partial charge in [-0.25, -0.2) is 4.98 Å². The van der Waals surface area contributed by atoms with E-state index < -0.39 is 0 Å². The number of aromatic nitrogens is 1. The van der Waals surface area contributed by atoms with Crippen LogP contribution in [0.3, 0.4) is 0 Å². The summed E-state index contributed by atoms with van der Waals surface area (Å²) < 4.78 is 12.7. The fourth-order valence-corrected chi connectivity index (χ4v) is 1.28. The van der Waals surface area contributed by atoms with Crippen molar-refractivity contribution in [2.24, 2.45) is 5.92 Å². The van der Waals surface area contributed by atoms with Crippen molar-refractivity contribution in [3.63, 3.8) is 0 Å². The van der Waals surface area contributed by atoms with Crippen LogP contribution in [0.1, 0.15) is 31.4 Å². The Morgan fingerprint density at radius 2 is 2.23 bits per heavy atom. The van der Waals surface area contributed by atoms with Crippen molar-refractivity contribution in [1.82, 2.24) is 4.98 Å². The highest BCUT2D eigenvalue weighted by atomic mass is 19.1. The molecule has 0 saturated heterocycles. The average molecular weight is 181 g/mol. The molecule has 0 aromatic carbocycles. The average Bonchev–Trinajstić information content (AvgIpc) is 2.09. The number of aryl methyl sites for hydroxylation is 1. The minimum atomic E-state index is -0.384. The lowest BCUT2D eigenvalue weighted by atomic mass is 9.97. The van der Waals surface area contributed by atoms with Crippen molar-refractivity contribution < 1.29 is 4.39 Å². The summed E-state index contributed by atoms with van der Waals surface area (Å²) >= 11 is 0. The predicted molar refractivity (Wildman–Crippen MR) is 52.1 cm³/mol. The van der Waals surface area contributed by atoms with Gasteiger partial charge in [0.25, 0.3) is 0 Å². The minimum Gasteiger partial charge on any atom is -0.228 e. The molecule has 1 atom stereocenters. The number of rotatable bonds is 3. The zero-order chi connectivity index (χ0) is 9.84. The second-order valence-corrected chi connectivity index (χ2v) is 3.65. The van der Waals surface area contributed by atoms with Crippen LogP contribution >= 0.6 is 0 Å². The molecule has 0 N–H and O–H groups in total. The summed E-state index contributed by atoms with van der Waals surface area (Å²) in [5.74, 6) is 0.261. The van der Waals surface area contributed by atoms with E-state index in [0.29, 0.717) is 5.92 Å². The topological polar surface area (TPSA) is 12.9 Å². The van der Waals surface area contributed by atoms with E-state index in [-0.39, 0.29) is 5.95 Å². The summed E-state index contributed by atoms with van der Waals surface area (Å²) in [7, 11) is 0. The predicted octanol–water partition coefficient (Wildman–Crippen LogP) is 3.12. The molecule has 0 saturated carbocycles. The lowest BCUT2D eigenvalue weighted by Crippen LogP contribution is -2.01. The van der Waals surface area contributed by atoms with Gasteiger partial charge in [0.15, 0.2) is 0 Å². The molecule has 1 aromatic heterocycles. The number of nitrogens with zero attached hydrogens (tertiary/aromatic N) is 1. The summed E-state index contributed by atoms with van der Waals surface area (Å²) in [5.41, 5.74) is 2.17. The first-order valence-corrected chi connectivity index (χ1v) is 4.74. The van der Waals surface area contributed by atoms with Gasteiger partial charge >= 0.3 is 0 Å². The fraction of sp³-hybridized carbons (Fsp3) is 0.545. The SMILES string of the molecule is CCC(C)Cc1cnc(F)cc1C. The van der Waals surface area contributed by atoms with E-state index in [4.69, 9.17) is 0 Å². The standard InChI is InChI=1S/C11H16FN/c1-4-8(2)5-10-7-13-11(12)6-9(10)3/h6-8H,4-5H2,1-3H3. The Morgan fingerprint density at radius 1 is 1.54 bits per heavy atom. The number of halogens is 1. The summed E-state index contributed by atoms with van der Waals surface area (Å²) in [4.78, 5) is 3.66. The van der Waals surface area contributed by atoms with Crippen LogP contribution in [0, 0.1) is 18.8 Å². The highest BCUT2D eigenvalue weighted by Gasteiger charge is 2.05. The van der Waals surface area contributed by atoms with Crippen molar-refractivity contribution in [3.05, 3.63) is 29.3 Å². The lowest BCUT2D eigenvalue weighted by Gasteiger charge is -2.09. The summed E-state index contributed by atoms with van der Waals surface area (Å²) in [6.07, 6.45) is 3.79. The van der Waals surface area contributed by atoms with Crippen LogP contribution in [-0.2, 0) is 6.42 Å². The van der Waals surface area contributed by atoms with Crippen LogP contribution < -0.4 is 0 Å². The van der Waals surface area contributed by atoms with Gasteiger partial charge in [0.2, 0.25) is 5.95 Å². The maximum Gasteiger partial charge on any atom is 0.213 e. The van der Waals surface area contributed by atoms with Crippen LogP contribution in [0.5, 0.6) is 0 Å². The quantitative estimate of drug-likeness (QED) is 0.653. The molecule has 0 bridgehead atoms. The summed E-state index contributed by atoms with van der Waals surface area (Å²) in [5, 5.41) is 0. The van der Waals surface area contributed by atoms with E-state index in [1.54, 1.807) is 6.20 Å². The zero-order valence-corrected chi connectivity index (χ0v) is 8.47. The second-order valence-electron chi connectivity index (χ2n) is 3.65. The number of hydrogen-bond donors (Lipinski definition) is 0. The van der Waals surface area contributed by atoms with Crippen LogP contribution in [0.25, 0.3) is 0 Å². The van der Waals surface area contributed by atoms with Gasteiger partial charge in [-0.15, -0.1) is 0 Å². The molecule has 1 unspecified atom stereocenters.